The Morgan fingerprint density at radius 2 is 1.80 bits per heavy atom. The van der Waals surface area contributed by atoms with E-state index in [1.807, 2.05) is 47.4 Å². The van der Waals surface area contributed by atoms with Crippen molar-refractivity contribution in [1.29, 1.82) is 0 Å². The summed E-state index contributed by atoms with van der Waals surface area (Å²) in [5, 5.41) is 2.10. The van der Waals surface area contributed by atoms with E-state index in [2.05, 4.69) is 0 Å². The zero-order valence-electron chi connectivity index (χ0n) is 11.0. The second-order valence-electron chi connectivity index (χ2n) is 5.31. The molecule has 1 heterocycles. The molecule has 4 heteroatoms. The van der Waals surface area contributed by atoms with E-state index in [4.69, 9.17) is 0 Å². The smallest absolute Gasteiger partial charge is 0.368 e. The Morgan fingerprint density at radius 3 is 2.60 bits per heavy atom. The maximum absolute atomic E-state index is 12.7. The largest absolute Gasteiger partial charge is 0.391 e. The molecule has 0 aliphatic carbocycles. The molecule has 20 heavy (non-hydrogen) atoms. The Bertz CT molecular complexity index is 601. The van der Waals surface area contributed by atoms with Crippen LogP contribution in [0.25, 0.3) is 10.8 Å². The van der Waals surface area contributed by atoms with Gasteiger partial charge in [0.25, 0.3) is 0 Å². The minimum Gasteiger partial charge on any atom is -0.368 e. The molecule has 0 bridgehead atoms. The van der Waals surface area contributed by atoms with Crippen LogP contribution in [0.15, 0.2) is 42.5 Å². The average Bonchev–Trinajstić information content (AvgIpc) is 2.84. The number of hydrogen-bond donors (Lipinski definition) is 0. The van der Waals surface area contributed by atoms with Crippen LogP contribution in [-0.4, -0.2) is 18.8 Å². The first-order chi connectivity index (χ1) is 9.54. The number of fused-ring (bicyclic) bond motifs is 1. The first-order valence-corrected chi connectivity index (χ1v) is 6.86. The minimum absolute atomic E-state index is 0.430. The van der Waals surface area contributed by atoms with Gasteiger partial charge in [0, 0.05) is 23.7 Å². The van der Waals surface area contributed by atoms with Crippen molar-refractivity contribution < 1.29 is 13.2 Å². The predicted molar refractivity (Wildman–Crippen MR) is 75.0 cm³/mol. The molecule has 1 nitrogen and oxygen atoms in total. The van der Waals surface area contributed by atoms with Gasteiger partial charge in [-0.05, 0) is 24.3 Å². The summed E-state index contributed by atoms with van der Waals surface area (Å²) >= 11 is 0. The van der Waals surface area contributed by atoms with Crippen molar-refractivity contribution in [2.75, 3.05) is 11.4 Å². The van der Waals surface area contributed by atoms with Crippen molar-refractivity contribution in [2.24, 2.45) is 0 Å². The standard InChI is InChI=1S/C16H16F3N/c17-16(18,19)11-13-7-4-10-20(13)15-9-3-6-12-5-1-2-8-14(12)15/h1-3,5-6,8-9,13H,4,7,10-11H2. The lowest BCUT2D eigenvalue weighted by atomic mass is 10.1. The monoisotopic (exact) mass is 279 g/mol. The van der Waals surface area contributed by atoms with Gasteiger partial charge in [-0.3, -0.25) is 0 Å². The third kappa shape index (κ3) is 2.60. The molecular weight excluding hydrogens is 263 g/mol. The summed E-state index contributed by atoms with van der Waals surface area (Å²) in [6, 6.07) is 13.3. The molecular formula is C16H16F3N. The van der Waals surface area contributed by atoms with Crippen LogP contribution in [0.2, 0.25) is 0 Å². The Labute approximate surface area is 116 Å². The topological polar surface area (TPSA) is 3.24 Å². The molecule has 2 aromatic rings. The summed E-state index contributed by atoms with van der Waals surface area (Å²) in [6.07, 6.45) is -3.39. The van der Waals surface area contributed by atoms with Crippen LogP contribution in [-0.2, 0) is 0 Å². The van der Waals surface area contributed by atoms with Gasteiger partial charge in [0.15, 0.2) is 0 Å². The Kier molecular flexibility index (Phi) is 3.32. The molecule has 1 aliphatic heterocycles. The van der Waals surface area contributed by atoms with Gasteiger partial charge < -0.3 is 4.90 Å². The molecule has 1 atom stereocenters. The van der Waals surface area contributed by atoms with Crippen molar-refractivity contribution >= 4 is 16.5 Å². The molecule has 1 unspecified atom stereocenters. The van der Waals surface area contributed by atoms with Crippen molar-refractivity contribution in [3.05, 3.63) is 42.5 Å². The molecule has 3 rings (SSSR count). The number of alkyl halides is 3. The summed E-state index contributed by atoms with van der Waals surface area (Å²) in [5.74, 6) is 0. The summed E-state index contributed by atoms with van der Waals surface area (Å²) < 4.78 is 38.1. The summed E-state index contributed by atoms with van der Waals surface area (Å²) in [5.41, 5.74) is 0.926. The molecule has 2 aromatic carbocycles. The first-order valence-electron chi connectivity index (χ1n) is 6.86. The summed E-state index contributed by atoms with van der Waals surface area (Å²) in [7, 11) is 0. The van der Waals surface area contributed by atoms with E-state index in [-0.39, 0.29) is 0 Å². The van der Waals surface area contributed by atoms with Crippen molar-refractivity contribution in [2.45, 2.75) is 31.5 Å². The van der Waals surface area contributed by atoms with E-state index in [1.54, 1.807) is 0 Å². The van der Waals surface area contributed by atoms with Crippen molar-refractivity contribution in [1.82, 2.24) is 0 Å². The number of halogens is 3. The lowest BCUT2D eigenvalue weighted by Crippen LogP contribution is -2.33. The average molecular weight is 279 g/mol. The highest BCUT2D eigenvalue weighted by molar-refractivity contribution is 5.94. The number of hydrogen-bond acceptors (Lipinski definition) is 1. The molecule has 1 fully saturated rings. The maximum Gasteiger partial charge on any atom is 0.391 e. The van der Waals surface area contributed by atoms with Gasteiger partial charge in [-0.1, -0.05) is 36.4 Å². The highest BCUT2D eigenvalue weighted by Crippen LogP contribution is 2.36. The van der Waals surface area contributed by atoms with E-state index in [0.29, 0.717) is 13.0 Å². The quantitative estimate of drug-likeness (QED) is 0.766. The van der Waals surface area contributed by atoms with E-state index >= 15 is 0 Å². The lowest BCUT2D eigenvalue weighted by molar-refractivity contribution is -0.137. The van der Waals surface area contributed by atoms with Gasteiger partial charge >= 0.3 is 6.18 Å². The van der Waals surface area contributed by atoms with Crippen LogP contribution in [0.4, 0.5) is 18.9 Å². The van der Waals surface area contributed by atoms with Crippen LogP contribution >= 0.6 is 0 Å². The molecule has 0 spiro atoms. The van der Waals surface area contributed by atoms with E-state index in [1.165, 1.54) is 0 Å². The maximum atomic E-state index is 12.7. The Hall–Kier alpha value is -1.71. The molecule has 0 N–H and O–H groups in total. The van der Waals surface area contributed by atoms with E-state index in [0.717, 1.165) is 22.9 Å². The van der Waals surface area contributed by atoms with Crippen LogP contribution in [0, 0.1) is 0 Å². The first kappa shape index (κ1) is 13.3. The van der Waals surface area contributed by atoms with E-state index < -0.39 is 18.6 Å². The van der Waals surface area contributed by atoms with E-state index in [9.17, 15) is 13.2 Å². The minimum atomic E-state index is -4.10. The van der Waals surface area contributed by atoms with Crippen LogP contribution in [0.3, 0.4) is 0 Å². The highest BCUT2D eigenvalue weighted by Gasteiger charge is 2.37. The normalized spacial score (nSPS) is 19.8. The van der Waals surface area contributed by atoms with Gasteiger partial charge in [0.05, 0.1) is 6.42 Å². The van der Waals surface area contributed by atoms with Crippen molar-refractivity contribution in [3.63, 3.8) is 0 Å². The molecule has 1 aliphatic rings. The fourth-order valence-electron chi connectivity index (χ4n) is 3.09. The van der Waals surface area contributed by atoms with Crippen molar-refractivity contribution in [3.8, 4) is 0 Å². The summed E-state index contributed by atoms with van der Waals surface area (Å²) in [6.45, 7) is 0.703. The molecule has 1 saturated heterocycles. The van der Waals surface area contributed by atoms with Gasteiger partial charge in [-0.15, -0.1) is 0 Å². The summed E-state index contributed by atoms with van der Waals surface area (Å²) in [4.78, 5) is 1.93. The zero-order chi connectivity index (χ0) is 14.2. The number of nitrogens with zero attached hydrogens (tertiary/aromatic N) is 1. The second kappa shape index (κ2) is 5.00. The Morgan fingerprint density at radius 1 is 1.05 bits per heavy atom. The van der Waals surface area contributed by atoms with Crippen LogP contribution in [0.5, 0.6) is 0 Å². The molecule has 106 valence electrons. The third-order valence-electron chi connectivity index (χ3n) is 3.92. The second-order valence-corrected chi connectivity index (χ2v) is 5.31. The van der Waals surface area contributed by atoms with Crippen LogP contribution < -0.4 is 4.90 Å². The highest BCUT2D eigenvalue weighted by atomic mass is 19.4. The van der Waals surface area contributed by atoms with Gasteiger partial charge in [-0.25, -0.2) is 0 Å². The number of benzene rings is 2. The fourth-order valence-corrected chi connectivity index (χ4v) is 3.09. The number of anilines is 1. The fraction of sp³-hybridized carbons (Fsp3) is 0.375. The lowest BCUT2D eigenvalue weighted by Gasteiger charge is -2.28. The van der Waals surface area contributed by atoms with Gasteiger partial charge in [0.1, 0.15) is 0 Å². The SMILES string of the molecule is FC(F)(F)CC1CCCN1c1cccc2ccccc12. The molecule has 0 amide bonds. The Balaban J connectivity index is 1.97. The van der Waals surface area contributed by atoms with Gasteiger partial charge in [-0.2, -0.15) is 13.2 Å². The van der Waals surface area contributed by atoms with Gasteiger partial charge in [0.2, 0.25) is 0 Å². The predicted octanol–water partition coefficient (Wildman–Crippen LogP) is 4.76. The molecule has 0 saturated carbocycles. The number of rotatable bonds is 2. The van der Waals surface area contributed by atoms with Crippen LogP contribution in [0.1, 0.15) is 19.3 Å². The molecule has 0 aromatic heterocycles. The molecule has 0 radical (unpaired) electrons. The third-order valence-corrected chi connectivity index (χ3v) is 3.92. The zero-order valence-corrected chi connectivity index (χ0v) is 11.0.